The highest BCUT2D eigenvalue weighted by molar-refractivity contribution is 5.96. The molecule has 3 rings (SSSR count). The molecule has 1 atom stereocenters. The smallest absolute Gasteiger partial charge is 0.230 e. The van der Waals surface area contributed by atoms with E-state index >= 15 is 0 Å². The van der Waals surface area contributed by atoms with E-state index < -0.39 is 5.60 Å². The van der Waals surface area contributed by atoms with Gasteiger partial charge in [-0.25, -0.2) is 0 Å². The van der Waals surface area contributed by atoms with Crippen LogP contribution in [-0.4, -0.2) is 17.6 Å². The quantitative estimate of drug-likeness (QED) is 0.853. The third-order valence-electron chi connectivity index (χ3n) is 4.82. The van der Waals surface area contributed by atoms with Gasteiger partial charge in [-0.2, -0.15) is 0 Å². The van der Waals surface area contributed by atoms with Crippen LogP contribution in [0.1, 0.15) is 51.0 Å². The zero-order valence-electron chi connectivity index (χ0n) is 12.1. The zero-order valence-corrected chi connectivity index (χ0v) is 12.1. The predicted molar refractivity (Wildman–Crippen MR) is 79.6 cm³/mol. The van der Waals surface area contributed by atoms with E-state index in [9.17, 15) is 9.90 Å². The summed E-state index contributed by atoms with van der Waals surface area (Å²) in [6, 6.07) is 7.78. The van der Waals surface area contributed by atoms with E-state index in [-0.39, 0.29) is 11.8 Å². The molecule has 1 fully saturated rings. The lowest BCUT2D eigenvalue weighted by Gasteiger charge is -2.39. The Kier molecular flexibility index (Phi) is 3.55. The summed E-state index contributed by atoms with van der Waals surface area (Å²) in [5, 5.41) is 10.5. The molecular formula is C17H23NO2. The summed E-state index contributed by atoms with van der Waals surface area (Å²) in [5.41, 5.74) is 0.967. The number of carbonyl (C=O) groups is 1. The number of rotatable bonds is 1. The van der Waals surface area contributed by atoms with Crippen molar-refractivity contribution >= 4 is 11.6 Å². The van der Waals surface area contributed by atoms with Gasteiger partial charge in [-0.15, -0.1) is 0 Å². The second kappa shape index (κ2) is 5.21. The highest BCUT2D eigenvalue weighted by Crippen LogP contribution is 2.39. The molecule has 1 aromatic carbocycles. The molecule has 3 heteroatoms. The van der Waals surface area contributed by atoms with E-state index in [1.807, 2.05) is 36.1 Å². The van der Waals surface area contributed by atoms with Gasteiger partial charge in [0, 0.05) is 23.7 Å². The summed E-state index contributed by atoms with van der Waals surface area (Å²) >= 11 is 0. The Hall–Kier alpha value is -1.35. The molecule has 1 aliphatic carbocycles. The molecule has 1 unspecified atom stereocenters. The molecule has 1 N–H and O–H groups in total. The largest absolute Gasteiger partial charge is 0.385 e. The molecule has 0 aromatic heterocycles. The van der Waals surface area contributed by atoms with Gasteiger partial charge in [0.05, 0.1) is 5.60 Å². The predicted octanol–water partition coefficient (Wildman–Crippen LogP) is 3.21. The highest BCUT2D eigenvalue weighted by atomic mass is 16.3. The summed E-state index contributed by atoms with van der Waals surface area (Å²) in [7, 11) is 0. The van der Waals surface area contributed by atoms with E-state index in [0.717, 1.165) is 24.1 Å². The second-order valence-electron chi connectivity index (χ2n) is 6.37. The number of nitrogens with zero attached hydrogens (tertiary/aromatic N) is 1. The number of benzene rings is 1. The van der Waals surface area contributed by atoms with Gasteiger partial charge in [-0.3, -0.25) is 4.79 Å². The molecule has 1 saturated carbocycles. The van der Waals surface area contributed by atoms with Crippen LogP contribution in [0.15, 0.2) is 24.3 Å². The van der Waals surface area contributed by atoms with Crippen LogP contribution < -0.4 is 4.90 Å². The number of hydrogen-bond acceptors (Lipinski definition) is 2. The van der Waals surface area contributed by atoms with Gasteiger partial charge in [0.1, 0.15) is 0 Å². The second-order valence-corrected chi connectivity index (χ2v) is 6.37. The van der Waals surface area contributed by atoms with Gasteiger partial charge in [0.15, 0.2) is 0 Å². The summed E-state index contributed by atoms with van der Waals surface area (Å²) in [4.78, 5) is 14.7. The maximum absolute atomic E-state index is 12.8. The third-order valence-corrected chi connectivity index (χ3v) is 4.82. The fraction of sp³-hybridized carbons (Fsp3) is 0.588. The summed E-state index contributed by atoms with van der Waals surface area (Å²) < 4.78 is 0. The van der Waals surface area contributed by atoms with E-state index in [4.69, 9.17) is 0 Å². The monoisotopic (exact) mass is 273 g/mol. The molecule has 108 valence electrons. The van der Waals surface area contributed by atoms with Gasteiger partial charge >= 0.3 is 0 Å². The fourth-order valence-electron chi connectivity index (χ4n) is 3.55. The SMILES string of the molecule is CC1(O)CCN(C(=O)C2CCCCC2)c2ccccc21. The van der Waals surface area contributed by atoms with Crippen molar-refractivity contribution in [3.8, 4) is 0 Å². The molecule has 1 aromatic rings. The maximum Gasteiger partial charge on any atom is 0.230 e. The van der Waals surface area contributed by atoms with Crippen LogP contribution in [0.4, 0.5) is 5.69 Å². The summed E-state index contributed by atoms with van der Waals surface area (Å²) in [5.74, 6) is 0.438. The average molecular weight is 273 g/mol. The minimum atomic E-state index is -0.820. The number of anilines is 1. The molecule has 20 heavy (non-hydrogen) atoms. The van der Waals surface area contributed by atoms with Crippen molar-refractivity contribution in [3.63, 3.8) is 0 Å². The van der Waals surface area contributed by atoms with Crippen molar-refractivity contribution in [1.82, 2.24) is 0 Å². The number of aliphatic hydroxyl groups is 1. The number of fused-ring (bicyclic) bond motifs is 1. The van der Waals surface area contributed by atoms with Gasteiger partial charge < -0.3 is 10.0 Å². The van der Waals surface area contributed by atoms with Crippen LogP contribution in [0.3, 0.4) is 0 Å². The van der Waals surface area contributed by atoms with Crippen LogP contribution >= 0.6 is 0 Å². The Morgan fingerprint density at radius 3 is 2.70 bits per heavy atom. The minimum Gasteiger partial charge on any atom is -0.385 e. The van der Waals surface area contributed by atoms with Crippen LogP contribution in [0.5, 0.6) is 0 Å². The van der Waals surface area contributed by atoms with Crippen molar-refractivity contribution in [2.45, 2.75) is 51.0 Å². The first-order valence-corrected chi connectivity index (χ1v) is 7.73. The number of hydrogen-bond donors (Lipinski definition) is 1. The first-order chi connectivity index (χ1) is 9.59. The summed E-state index contributed by atoms with van der Waals surface area (Å²) in [6.07, 6.45) is 6.26. The lowest BCUT2D eigenvalue weighted by Crippen LogP contribution is -2.45. The van der Waals surface area contributed by atoms with Gasteiger partial charge in [-0.1, -0.05) is 37.5 Å². The van der Waals surface area contributed by atoms with E-state index in [1.165, 1.54) is 19.3 Å². The fourth-order valence-corrected chi connectivity index (χ4v) is 3.55. The molecule has 0 radical (unpaired) electrons. The normalized spacial score (nSPS) is 27.2. The Labute approximate surface area is 120 Å². The van der Waals surface area contributed by atoms with E-state index in [1.54, 1.807) is 0 Å². The zero-order chi connectivity index (χ0) is 14.2. The first kappa shape index (κ1) is 13.6. The average Bonchev–Trinajstić information content (AvgIpc) is 2.48. The van der Waals surface area contributed by atoms with Crippen molar-refractivity contribution in [2.75, 3.05) is 11.4 Å². The van der Waals surface area contributed by atoms with Crippen LogP contribution in [-0.2, 0) is 10.4 Å². The minimum absolute atomic E-state index is 0.180. The topological polar surface area (TPSA) is 40.5 Å². The molecular weight excluding hydrogens is 250 g/mol. The highest BCUT2D eigenvalue weighted by Gasteiger charge is 2.37. The molecule has 2 aliphatic rings. The molecule has 1 aliphatic heterocycles. The van der Waals surface area contributed by atoms with Gasteiger partial charge in [-0.05, 0) is 32.3 Å². The standard InChI is InChI=1S/C17H23NO2/c1-17(20)11-12-18(15-10-6-5-9-14(15)17)16(19)13-7-3-2-4-8-13/h5-6,9-10,13,20H,2-4,7-8,11-12H2,1H3. The Morgan fingerprint density at radius 1 is 1.25 bits per heavy atom. The molecule has 3 nitrogen and oxygen atoms in total. The Morgan fingerprint density at radius 2 is 1.95 bits per heavy atom. The van der Waals surface area contributed by atoms with Crippen molar-refractivity contribution in [2.24, 2.45) is 5.92 Å². The lowest BCUT2D eigenvalue weighted by molar-refractivity contribution is -0.123. The van der Waals surface area contributed by atoms with Crippen molar-refractivity contribution in [1.29, 1.82) is 0 Å². The van der Waals surface area contributed by atoms with Crippen LogP contribution in [0.2, 0.25) is 0 Å². The number of carbonyl (C=O) groups excluding carboxylic acids is 1. The lowest BCUT2D eigenvalue weighted by atomic mass is 9.84. The van der Waals surface area contributed by atoms with Gasteiger partial charge in [0.2, 0.25) is 5.91 Å². The van der Waals surface area contributed by atoms with Crippen molar-refractivity contribution < 1.29 is 9.90 Å². The van der Waals surface area contributed by atoms with Crippen LogP contribution in [0.25, 0.3) is 0 Å². The summed E-state index contributed by atoms with van der Waals surface area (Å²) in [6.45, 7) is 2.47. The Balaban J connectivity index is 1.89. The molecule has 0 spiro atoms. The van der Waals surface area contributed by atoms with Gasteiger partial charge in [0.25, 0.3) is 0 Å². The first-order valence-electron chi connectivity index (χ1n) is 7.73. The number of para-hydroxylation sites is 1. The van der Waals surface area contributed by atoms with E-state index in [0.29, 0.717) is 13.0 Å². The maximum atomic E-state index is 12.8. The van der Waals surface area contributed by atoms with E-state index in [2.05, 4.69) is 0 Å². The Bertz CT molecular complexity index is 503. The van der Waals surface area contributed by atoms with Crippen molar-refractivity contribution in [3.05, 3.63) is 29.8 Å². The molecule has 1 amide bonds. The molecule has 1 heterocycles. The number of amides is 1. The molecule has 0 bridgehead atoms. The third kappa shape index (κ3) is 2.35. The van der Waals surface area contributed by atoms with Crippen LogP contribution in [0, 0.1) is 5.92 Å². The molecule has 0 saturated heterocycles.